The maximum atomic E-state index is 14.1. The third-order valence-corrected chi connectivity index (χ3v) is 4.15. The predicted molar refractivity (Wildman–Crippen MR) is 77.8 cm³/mol. The molecule has 0 saturated heterocycles. The molecule has 1 aliphatic carbocycles. The molecule has 2 aromatic rings. The van der Waals surface area contributed by atoms with Gasteiger partial charge in [-0.25, -0.2) is 13.2 Å². The molecule has 1 aromatic heterocycles. The highest BCUT2D eigenvalue weighted by Crippen LogP contribution is 2.34. The van der Waals surface area contributed by atoms with Gasteiger partial charge in [0.15, 0.2) is 0 Å². The van der Waals surface area contributed by atoms with Crippen LogP contribution in [0.2, 0.25) is 0 Å². The van der Waals surface area contributed by atoms with Gasteiger partial charge in [-0.3, -0.25) is 9.78 Å². The van der Waals surface area contributed by atoms with Gasteiger partial charge < -0.3 is 10.4 Å². The number of fused-ring (bicyclic) bond motifs is 1. The Bertz CT molecular complexity index is 751. The van der Waals surface area contributed by atoms with Gasteiger partial charge in [-0.15, -0.1) is 0 Å². The SMILES string of the molecule is O=C(N[C@H]1CCCC(F)(F)[C@@H]1O)c1c(F)ccc2ccncc12. The van der Waals surface area contributed by atoms with Crippen molar-refractivity contribution in [1.29, 1.82) is 0 Å². The van der Waals surface area contributed by atoms with Crippen LogP contribution in [0, 0.1) is 5.82 Å². The summed E-state index contributed by atoms with van der Waals surface area (Å²) in [5.74, 6) is -4.85. The Morgan fingerprint density at radius 2 is 2.13 bits per heavy atom. The Morgan fingerprint density at radius 3 is 2.91 bits per heavy atom. The lowest BCUT2D eigenvalue weighted by molar-refractivity contribution is -0.141. The van der Waals surface area contributed by atoms with E-state index in [1.165, 1.54) is 18.5 Å². The molecule has 0 bridgehead atoms. The number of aliphatic hydroxyl groups excluding tert-OH is 1. The molecular weight excluding hydrogens is 309 g/mol. The van der Waals surface area contributed by atoms with Crippen LogP contribution in [-0.4, -0.2) is 34.1 Å². The third-order valence-electron chi connectivity index (χ3n) is 4.15. The monoisotopic (exact) mass is 324 g/mol. The van der Waals surface area contributed by atoms with Gasteiger partial charge in [0.25, 0.3) is 11.8 Å². The maximum absolute atomic E-state index is 14.1. The van der Waals surface area contributed by atoms with E-state index in [1.807, 2.05) is 0 Å². The molecule has 0 aliphatic heterocycles. The van der Waals surface area contributed by atoms with Gasteiger partial charge in [0, 0.05) is 24.2 Å². The molecule has 0 radical (unpaired) electrons. The second kappa shape index (κ2) is 5.81. The molecule has 0 spiro atoms. The zero-order chi connectivity index (χ0) is 16.6. The van der Waals surface area contributed by atoms with E-state index in [0.29, 0.717) is 10.8 Å². The Balaban J connectivity index is 1.91. The van der Waals surface area contributed by atoms with Crippen LogP contribution >= 0.6 is 0 Å². The summed E-state index contributed by atoms with van der Waals surface area (Å²) in [6.07, 6.45) is 0.845. The number of amides is 1. The van der Waals surface area contributed by atoms with Crippen LogP contribution < -0.4 is 5.32 Å². The highest BCUT2D eigenvalue weighted by molar-refractivity contribution is 6.07. The number of rotatable bonds is 2. The highest BCUT2D eigenvalue weighted by atomic mass is 19.3. The fourth-order valence-electron chi connectivity index (χ4n) is 2.91. The average molecular weight is 324 g/mol. The van der Waals surface area contributed by atoms with Crippen LogP contribution in [0.4, 0.5) is 13.2 Å². The molecule has 1 saturated carbocycles. The molecule has 3 rings (SSSR count). The van der Waals surface area contributed by atoms with E-state index < -0.39 is 36.2 Å². The Kier molecular flexibility index (Phi) is 3.97. The molecule has 122 valence electrons. The van der Waals surface area contributed by atoms with Gasteiger partial charge in [-0.2, -0.15) is 0 Å². The topological polar surface area (TPSA) is 62.2 Å². The van der Waals surface area contributed by atoms with E-state index in [0.717, 1.165) is 6.07 Å². The van der Waals surface area contributed by atoms with Crippen LogP contribution in [0.1, 0.15) is 29.6 Å². The first kappa shape index (κ1) is 15.7. The van der Waals surface area contributed by atoms with Crippen molar-refractivity contribution in [3.63, 3.8) is 0 Å². The van der Waals surface area contributed by atoms with Crippen LogP contribution in [0.15, 0.2) is 30.6 Å². The summed E-state index contributed by atoms with van der Waals surface area (Å²) in [5, 5.41) is 12.9. The number of carbonyl (C=O) groups is 1. The molecule has 4 nitrogen and oxygen atoms in total. The van der Waals surface area contributed by atoms with Crippen LogP contribution in [0.5, 0.6) is 0 Å². The lowest BCUT2D eigenvalue weighted by Gasteiger charge is -2.34. The number of aliphatic hydroxyl groups is 1. The van der Waals surface area contributed by atoms with E-state index in [4.69, 9.17) is 0 Å². The summed E-state index contributed by atoms with van der Waals surface area (Å²) in [4.78, 5) is 16.2. The molecule has 2 N–H and O–H groups in total. The quantitative estimate of drug-likeness (QED) is 0.893. The first-order valence-corrected chi connectivity index (χ1v) is 7.29. The number of carbonyl (C=O) groups excluding carboxylic acids is 1. The van der Waals surface area contributed by atoms with Crippen molar-refractivity contribution < 1.29 is 23.1 Å². The molecule has 1 amide bonds. The molecule has 1 heterocycles. The fraction of sp³-hybridized carbons (Fsp3) is 0.375. The zero-order valence-corrected chi connectivity index (χ0v) is 12.1. The van der Waals surface area contributed by atoms with Gasteiger partial charge in [-0.1, -0.05) is 6.07 Å². The highest BCUT2D eigenvalue weighted by Gasteiger charge is 2.46. The summed E-state index contributed by atoms with van der Waals surface area (Å²) in [6, 6.07) is 3.16. The number of aromatic nitrogens is 1. The van der Waals surface area contributed by atoms with Crippen LogP contribution in [0.3, 0.4) is 0 Å². The zero-order valence-electron chi connectivity index (χ0n) is 12.1. The smallest absolute Gasteiger partial charge is 0.275 e. The molecular formula is C16H15F3N2O2. The minimum atomic E-state index is -3.25. The minimum Gasteiger partial charge on any atom is -0.385 e. The first-order chi connectivity index (χ1) is 10.9. The van der Waals surface area contributed by atoms with Gasteiger partial charge >= 0.3 is 0 Å². The van der Waals surface area contributed by atoms with E-state index >= 15 is 0 Å². The first-order valence-electron chi connectivity index (χ1n) is 7.29. The van der Waals surface area contributed by atoms with Crippen LogP contribution in [-0.2, 0) is 0 Å². The van der Waals surface area contributed by atoms with Crippen molar-refractivity contribution in [2.75, 3.05) is 0 Å². The number of alkyl halides is 2. The Hall–Kier alpha value is -2.15. The molecule has 1 aromatic carbocycles. The Morgan fingerprint density at radius 1 is 1.35 bits per heavy atom. The van der Waals surface area contributed by atoms with E-state index in [-0.39, 0.29) is 18.4 Å². The molecule has 23 heavy (non-hydrogen) atoms. The number of halogens is 3. The number of nitrogens with one attached hydrogen (secondary N) is 1. The number of benzene rings is 1. The molecule has 2 atom stereocenters. The van der Waals surface area contributed by atoms with E-state index in [2.05, 4.69) is 10.3 Å². The number of pyridine rings is 1. The average Bonchev–Trinajstić information content (AvgIpc) is 2.51. The fourth-order valence-corrected chi connectivity index (χ4v) is 2.91. The normalized spacial score (nSPS) is 23.7. The summed E-state index contributed by atoms with van der Waals surface area (Å²) in [6.45, 7) is 0. The molecule has 1 aliphatic rings. The van der Waals surface area contributed by atoms with E-state index in [9.17, 15) is 23.1 Å². The summed E-state index contributed by atoms with van der Waals surface area (Å²) in [5.41, 5.74) is -0.253. The summed E-state index contributed by atoms with van der Waals surface area (Å²) in [7, 11) is 0. The largest absolute Gasteiger partial charge is 0.385 e. The second-order valence-corrected chi connectivity index (χ2v) is 5.70. The predicted octanol–water partition coefficient (Wildman–Crippen LogP) is 2.65. The molecule has 7 heteroatoms. The van der Waals surface area contributed by atoms with Crippen molar-refractivity contribution in [2.45, 2.75) is 37.3 Å². The van der Waals surface area contributed by atoms with Crippen molar-refractivity contribution in [2.24, 2.45) is 0 Å². The van der Waals surface area contributed by atoms with Crippen LogP contribution in [0.25, 0.3) is 10.8 Å². The van der Waals surface area contributed by atoms with Crippen molar-refractivity contribution in [3.8, 4) is 0 Å². The van der Waals surface area contributed by atoms with Crippen molar-refractivity contribution >= 4 is 16.7 Å². The standard InChI is InChI=1S/C16H15F3N2O2/c17-11-4-3-9-5-7-20-8-10(9)13(11)15(23)21-12-2-1-6-16(18,19)14(12)22/h3-5,7-8,12,14,22H,1-2,6H2,(H,21,23)/t12-,14+/m0/s1. The minimum absolute atomic E-state index is 0.175. The third kappa shape index (κ3) is 2.88. The number of hydrogen-bond acceptors (Lipinski definition) is 3. The van der Waals surface area contributed by atoms with Gasteiger partial charge in [0.1, 0.15) is 11.9 Å². The maximum Gasteiger partial charge on any atom is 0.275 e. The number of hydrogen-bond donors (Lipinski definition) is 2. The van der Waals surface area contributed by atoms with Gasteiger partial charge in [0.2, 0.25) is 0 Å². The van der Waals surface area contributed by atoms with E-state index in [1.54, 1.807) is 6.07 Å². The van der Waals surface area contributed by atoms with Gasteiger partial charge in [-0.05, 0) is 30.4 Å². The van der Waals surface area contributed by atoms with Crippen molar-refractivity contribution in [1.82, 2.24) is 10.3 Å². The second-order valence-electron chi connectivity index (χ2n) is 5.70. The van der Waals surface area contributed by atoms with Gasteiger partial charge in [0.05, 0.1) is 11.6 Å². The number of nitrogens with zero attached hydrogens (tertiary/aromatic N) is 1. The Labute approximate surface area is 130 Å². The lowest BCUT2D eigenvalue weighted by Crippen LogP contribution is -2.54. The summed E-state index contributed by atoms with van der Waals surface area (Å²) < 4.78 is 41.2. The summed E-state index contributed by atoms with van der Waals surface area (Å²) >= 11 is 0. The van der Waals surface area contributed by atoms with Crippen molar-refractivity contribution in [3.05, 3.63) is 42.0 Å². The molecule has 1 fully saturated rings. The molecule has 0 unspecified atom stereocenters. The lowest BCUT2D eigenvalue weighted by atomic mass is 9.89.